The molecule has 5 heteroatoms. The van der Waals surface area contributed by atoms with Gasteiger partial charge in [-0.25, -0.2) is 0 Å². The molecule has 1 aromatic carbocycles. The number of nitrogen functional groups attached to an aromatic ring is 1. The molecule has 0 saturated heterocycles. The number of carbonyl (C=O) groups is 1. The first-order valence-corrected chi connectivity index (χ1v) is 7.08. The maximum absolute atomic E-state index is 11.5. The standard InChI is InChI=1S/C15H24N2O3/c16-13-6-5-7-14(12-13)20-11-8-15(19)17-9-3-1-2-4-10-18/h5-7,12,18H,1-4,8-11,16H2,(H,17,19). The molecule has 1 amide bonds. The molecule has 0 unspecified atom stereocenters. The summed E-state index contributed by atoms with van der Waals surface area (Å²) in [6, 6.07) is 7.15. The van der Waals surface area contributed by atoms with Crippen molar-refractivity contribution in [2.24, 2.45) is 0 Å². The van der Waals surface area contributed by atoms with E-state index >= 15 is 0 Å². The number of hydrogen-bond acceptors (Lipinski definition) is 4. The van der Waals surface area contributed by atoms with Gasteiger partial charge in [-0.2, -0.15) is 0 Å². The van der Waals surface area contributed by atoms with Crippen LogP contribution < -0.4 is 15.8 Å². The number of amides is 1. The van der Waals surface area contributed by atoms with Gasteiger partial charge < -0.3 is 20.9 Å². The van der Waals surface area contributed by atoms with E-state index in [1.165, 1.54) is 0 Å². The molecule has 0 aromatic heterocycles. The number of benzene rings is 1. The molecule has 0 atom stereocenters. The first-order chi connectivity index (χ1) is 9.72. The molecule has 5 nitrogen and oxygen atoms in total. The summed E-state index contributed by atoms with van der Waals surface area (Å²) in [5.41, 5.74) is 6.28. The summed E-state index contributed by atoms with van der Waals surface area (Å²) in [5, 5.41) is 11.5. The molecule has 20 heavy (non-hydrogen) atoms. The van der Waals surface area contributed by atoms with Crippen LogP contribution in [0.5, 0.6) is 5.75 Å². The molecule has 0 spiro atoms. The smallest absolute Gasteiger partial charge is 0.223 e. The Hall–Kier alpha value is -1.75. The van der Waals surface area contributed by atoms with Crippen molar-refractivity contribution in [2.75, 3.05) is 25.5 Å². The predicted octanol–water partition coefficient (Wildman–Crippen LogP) is 1.71. The quantitative estimate of drug-likeness (QED) is 0.450. The van der Waals surface area contributed by atoms with Crippen LogP contribution in [0.15, 0.2) is 24.3 Å². The lowest BCUT2D eigenvalue weighted by atomic mass is 10.2. The number of rotatable bonds is 10. The lowest BCUT2D eigenvalue weighted by molar-refractivity contribution is -0.121. The second kappa shape index (κ2) is 10.1. The number of aliphatic hydroxyl groups is 1. The minimum Gasteiger partial charge on any atom is -0.493 e. The van der Waals surface area contributed by atoms with Gasteiger partial charge in [0.25, 0.3) is 0 Å². The van der Waals surface area contributed by atoms with Crippen molar-refractivity contribution in [1.82, 2.24) is 5.32 Å². The van der Waals surface area contributed by atoms with Crippen molar-refractivity contribution in [3.63, 3.8) is 0 Å². The lowest BCUT2D eigenvalue weighted by Gasteiger charge is -2.07. The highest BCUT2D eigenvalue weighted by molar-refractivity contribution is 5.75. The van der Waals surface area contributed by atoms with E-state index < -0.39 is 0 Å². The van der Waals surface area contributed by atoms with Gasteiger partial charge in [-0.3, -0.25) is 4.79 Å². The summed E-state index contributed by atoms with van der Waals surface area (Å²) in [6.45, 7) is 1.27. The first-order valence-electron chi connectivity index (χ1n) is 7.08. The molecule has 0 aliphatic carbocycles. The Kier molecular flexibility index (Phi) is 8.22. The Morgan fingerprint density at radius 3 is 2.80 bits per heavy atom. The van der Waals surface area contributed by atoms with Crippen LogP contribution in [0.1, 0.15) is 32.1 Å². The zero-order valence-corrected chi connectivity index (χ0v) is 11.8. The van der Waals surface area contributed by atoms with E-state index in [4.69, 9.17) is 15.6 Å². The minimum absolute atomic E-state index is 0.00365. The number of unbranched alkanes of at least 4 members (excludes halogenated alkanes) is 3. The Balaban J connectivity index is 2.03. The number of nitrogens with one attached hydrogen (secondary N) is 1. The summed E-state index contributed by atoms with van der Waals surface area (Å²) in [4.78, 5) is 11.5. The monoisotopic (exact) mass is 280 g/mol. The number of aliphatic hydroxyl groups excluding tert-OH is 1. The van der Waals surface area contributed by atoms with Crippen molar-refractivity contribution in [3.8, 4) is 5.75 Å². The molecule has 112 valence electrons. The van der Waals surface area contributed by atoms with Gasteiger partial charge in [-0.1, -0.05) is 18.9 Å². The van der Waals surface area contributed by atoms with Gasteiger partial charge in [0, 0.05) is 24.9 Å². The Bertz CT molecular complexity index is 396. The van der Waals surface area contributed by atoms with E-state index in [-0.39, 0.29) is 12.5 Å². The van der Waals surface area contributed by atoms with Crippen LogP contribution in [0.3, 0.4) is 0 Å². The van der Waals surface area contributed by atoms with E-state index in [0.717, 1.165) is 25.7 Å². The average Bonchev–Trinajstić information content (AvgIpc) is 2.43. The highest BCUT2D eigenvalue weighted by Gasteiger charge is 2.01. The maximum Gasteiger partial charge on any atom is 0.223 e. The molecule has 1 aromatic rings. The van der Waals surface area contributed by atoms with Crippen LogP contribution in [-0.2, 0) is 4.79 Å². The van der Waals surface area contributed by atoms with Crippen molar-refractivity contribution in [1.29, 1.82) is 0 Å². The molecule has 4 N–H and O–H groups in total. The molecular weight excluding hydrogens is 256 g/mol. The van der Waals surface area contributed by atoms with Crippen LogP contribution >= 0.6 is 0 Å². The number of carbonyl (C=O) groups excluding carboxylic acids is 1. The van der Waals surface area contributed by atoms with Crippen molar-refractivity contribution >= 4 is 11.6 Å². The van der Waals surface area contributed by atoms with Gasteiger partial charge in [-0.05, 0) is 25.0 Å². The van der Waals surface area contributed by atoms with Crippen LogP contribution in [0.4, 0.5) is 5.69 Å². The SMILES string of the molecule is Nc1cccc(OCCC(=O)NCCCCCCO)c1. The van der Waals surface area contributed by atoms with Gasteiger partial charge in [-0.15, -0.1) is 0 Å². The van der Waals surface area contributed by atoms with Gasteiger partial charge in [0.2, 0.25) is 5.91 Å². The van der Waals surface area contributed by atoms with Gasteiger partial charge in [0.15, 0.2) is 0 Å². The van der Waals surface area contributed by atoms with E-state index in [9.17, 15) is 4.79 Å². The van der Waals surface area contributed by atoms with Crippen molar-refractivity contribution < 1.29 is 14.6 Å². The highest BCUT2D eigenvalue weighted by atomic mass is 16.5. The van der Waals surface area contributed by atoms with E-state index in [1.807, 2.05) is 12.1 Å². The molecule has 0 radical (unpaired) electrons. The van der Waals surface area contributed by atoms with E-state index in [1.54, 1.807) is 12.1 Å². The number of ether oxygens (including phenoxy) is 1. The zero-order valence-electron chi connectivity index (χ0n) is 11.8. The van der Waals surface area contributed by atoms with E-state index in [0.29, 0.717) is 31.0 Å². The second-order valence-electron chi connectivity index (χ2n) is 4.66. The fourth-order valence-electron chi connectivity index (χ4n) is 1.77. The second-order valence-corrected chi connectivity index (χ2v) is 4.66. The molecule has 0 aliphatic rings. The third-order valence-corrected chi connectivity index (χ3v) is 2.86. The summed E-state index contributed by atoms with van der Waals surface area (Å²) < 4.78 is 5.45. The third kappa shape index (κ3) is 7.63. The fourth-order valence-corrected chi connectivity index (χ4v) is 1.77. The highest BCUT2D eigenvalue weighted by Crippen LogP contribution is 2.14. The van der Waals surface area contributed by atoms with Crippen molar-refractivity contribution in [2.45, 2.75) is 32.1 Å². The third-order valence-electron chi connectivity index (χ3n) is 2.86. The molecule has 1 rings (SSSR count). The molecule has 0 saturated carbocycles. The van der Waals surface area contributed by atoms with Crippen LogP contribution in [0.25, 0.3) is 0 Å². The van der Waals surface area contributed by atoms with Gasteiger partial charge in [0.05, 0.1) is 13.0 Å². The van der Waals surface area contributed by atoms with Gasteiger partial charge >= 0.3 is 0 Å². The van der Waals surface area contributed by atoms with Crippen LogP contribution in [-0.4, -0.2) is 30.8 Å². The van der Waals surface area contributed by atoms with Gasteiger partial charge in [0.1, 0.15) is 5.75 Å². The topological polar surface area (TPSA) is 84.6 Å². The Morgan fingerprint density at radius 2 is 2.05 bits per heavy atom. The largest absolute Gasteiger partial charge is 0.493 e. The minimum atomic E-state index is -0.00365. The lowest BCUT2D eigenvalue weighted by Crippen LogP contribution is -2.25. The first kappa shape index (κ1) is 16.3. The number of anilines is 1. The van der Waals surface area contributed by atoms with Crippen LogP contribution in [0, 0.1) is 0 Å². The molecule has 0 bridgehead atoms. The normalized spacial score (nSPS) is 10.2. The van der Waals surface area contributed by atoms with Crippen LogP contribution in [0.2, 0.25) is 0 Å². The maximum atomic E-state index is 11.5. The fraction of sp³-hybridized carbons (Fsp3) is 0.533. The summed E-state index contributed by atoms with van der Waals surface area (Å²) >= 11 is 0. The summed E-state index contributed by atoms with van der Waals surface area (Å²) in [5.74, 6) is 0.679. The summed E-state index contributed by atoms with van der Waals surface area (Å²) in [6.07, 6.45) is 4.15. The zero-order chi connectivity index (χ0) is 14.6. The van der Waals surface area contributed by atoms with E-state index in [2.05, 4.69) is 5.32 Å². The molecule has 0 heterocycles. The Morgan fingerprint density at radius 1 is 1.25 bits per heavy atom. The number of hydrogen-bond donors (Lipinski definition) is 3. The molecular formula is C15H24N2O3. The number of nitrogens with two attached hydrogens (primary N) is 1. The summed E-state index contributed by atoms with van der Waals surface area (Å²) in [7, 11) is 0. The molecule has 0 fully saturated rings. The Labute approximate surface area is 120 Å². The predicted molar refractivity (Wildman–Crippen MR) is 79.5 cm³/mol. The molecule has 0 aliphatic heterocycles. The van der Waals surface area contributed by atoms with Crippen molar-refractivity contribution in [3.05, 3.63) is 24.3 Å². The average molecular weight is 280 g/mol.